The van der Waals surface area contributed by atoms with Gasteiger partial charge in [0.25, 0.3) is 0 Å². The van der Waals surface area contributed by atoms with Gasteiger partial charge in [0.05, 0.1) is 11.5 Å². The number of rotatable bonds is 6. The van der Waals surface area contributed by atoms with Crippen LogP contribution < -0.4 is 5.32 Å². The number of benzene rings is 1. The van der Waals surface area contributed by atoms with Gasteiger partial charge in [0.15, 0.2) is 0 Å². The van der Waals surface area contributed by atoms with Gasteiger partial charge in [-0.1, -0.05) is 30.3 Å². The van der Waals surface area contributed by atoms with Gasteiger partial charge in [-0.15, -0.1) is 0 Å². The lowest BCUT2D eigenvalue weighted by atomic mass is 9.79. The zero-order valence-electron chi connectivity index (χ0n) is 11.1. The van der Waals surface area contributed by atoms with Crippen LogP contribution in [0.25, 0.3) is 0 Å². The van der Waals surface area contributed by atoms with Gasteiger partial charge in [-0.05, 0) is 19.4 Å². The Morgan fingerprint density at radius 3 is 2.37 bits per heavy atom. The quantitative estimate of drug-likeness (QED) is 0.713. The molecule has 0 aliphatic carbocycles. The normalized spacial score (nSPS) is 15.3. The molecule has 0 bridgehead atoms. The third kappa shape index (κ3) is 4.06. The van der Waals surface area contributed by atoms with E-state index >= 15 is 0 Å². The summed E-state index contributed by atoms with van der Waals surface area (Å²) < 4.78 is 0. The highest BCUT2D eigenvalue weighted by Gasteiger charge is 2.37. The van der Waals surface area contributed by atoms with Gasteiger partial charge in [0.2, 0.25) is 5.91 Å². The number of carboxylic acids is 1. The molecule has 0 spiro atoms. The molecule has 104 valence electrons. The molecule has 1 rings (SSSR count). The molecule has 5 heteroatoms. The number of hydrogen-bond acceptors (Lipinski definition) is 3. The van der Waals surface area contributed by atoms with Crippen LogP contribution in [-0.2, 0) is 15.0 Å². The molecule has 0 saturated carbocycles. The highest BCUT2D eigenvalue weighted by Crippen LogP contribution is 2.27. The molecule has 0 aliphatic heterocycles. The summed E-state index contributed by atoms with van der Waals surface area (Å²) in [5.74, 6) is -1.44. The first-order valence-corrected chi connectivity index (χ1v) is 6.10. The van der Waals surface area contributed by atoms with Crippen molar-refractivity contribution in [1.82, 2.24) is 5.32 Å². The van der Waals surface area contributed by atoms with Crippen LogP contribution in [0.2, 0.25) is 0 Å². The van der Waals surface area contributed by atoms with E-state index in [1.807, 2.05) is 0 Å². The molecule has 0 radical (unpaired) electrons. The number of carbonyl (C=O) groups is 2. The van der Waals surface area contributed by atoms with E-state index in [1.165, 1.54) is 6.92 Å². The molecule has 0 saturated heterocycles. The Kier molecular flexibility index (Phi) is 5.06. The molecule has 0 aromatic heterocycles. The number of aliphatic hydroxyl groups is 1. The first kappa shape index (κ1) is 15.2. The van der Waals surface area contributed by atoms with Crippen LogP contribution in [0.1, 0.15) is 25.8 Å². The molecule has 2 atom stereocenters. The van der Waals surface area contributed by atoms with Crippen LogP contribution in [0.3, 0.4) is 0 Å². The van der Waals surface area contributed by atoms with Gasteiger partial charge in [-0.25, -0.2) is 0 Å². The van der Waals surface area contributed by atoms with Gasteiger partial charge in [-0.3, -0.25) is 9.59 Å². The summed E-state index contributed by atoms with van der Waals surface area (Å²) >= 11 is 0. The average molecular weight is 265 g/mol. The minimum absolute atomic E-state index is 0.114. The van der Waals surface area contributed by atoms with Crippen molar-refractivity contribution in [2.24, 2.45) is 0 Å². The zero-order chi connectivity index (χ0) is 14.5. The fourth-order valence-electron chi connectivity index (χ4n) is 1.75. The Balaban J connectivity index is 2.84. The van der Waals surface area contributed by atoms with Crippen molar-refractivity contribution in [2.75, 3.05) is 6.54 Å². The Morgan fingerprint density at radius 2 is 1.89 bits per heavy atom. The molecule has 5 nitrogen and oxygen atoms in total. The molecule has 19 heavy (non-hydrogen) atoms. The van der Waals surface area contributed by atoms with Crippen LogP contribution in [-0.4, -0.2) is 34.7 Å². The van der Waals surface area contributed by atoms with Gasteiger partial charge in [0, 0.05) is 13.0 Å². The van der Waals surface area contributed by atoms with Crippen molar-refractivity contribution >= 4 is 11.9 Å². The second kappa shape index (κ2) is 6.33. The van der Waals surface area contributed by atoms with E-state index in [0.29, 0.717) is 5.56 Å². The maximum atomic E-state index is 11.8. The largest absolute Gasteiger partial charge is 0.481 e. The summed E-state index contributed by atoms with van der Waals surface area (Å²) in [6.45, 7) is 3.18. The first-order valence-electron chi connectivity index (χ1n) is 6.10. The monoisotopic (exact) mass is 265 g/mol. The highest BCUT2D eigenvalue weighted by atomic mass is 16.4. The minimum Gasteiger partial charge on any atom is -0.481 e. The topological polar surface area (TPSA) is 86.6 Å². The predicted molar refractivity (Wildman–Crippen MR) is 70.7 cm³/mol. The van der Waals surface area contributed by atoms with Gasteiger partial charge >= 0.3 is 5.97 Å². The summed E-state index contributed by atoms with van der Waals surface area (Å²) in [4.78, 5) is 23.2. The molecule has 3 N–H and O–H groups in total. The molecule has 0 heterocycles. The zero-order valence-corrected chi connectivity index (χ0v) is 11.1. The molecule has 0 fully saturated rings. The third-order valence-corrected chi connectivity index (χ3v) is 2.99. The number of aliphatic carboxylic acids is 1. The fraction of sp³-hybridized carbons (Fsp3) is 0.429. The SMILES string of the molecule is C[C@H](O)CNC(=O)CC(C)(C(=O)O)c1ccccc1. The Hall–Kier alpha value is -1.88. The van der Waals surface area contributed by atoms with E-state index in [9.17, 15) is 14.7 Å². The number of carbonyl (C=O) groups excluding carboxylic acids is 1. The van der Waals surface area contributed by atoms with Crippen molar-refractivity contribution in [1.29, 1.82) is 0 Å². The maximum Gasteiger partial charge on any atom is 0.314 e. The molecule has 1 unspecified atom stereocenters. The van der Waals surface area contributed by atoms with E-state index in [-0.39, 0.29) is 13.0 Å². The Morgan fingerprint density at radius 1 is 1.32 bits per heavy atom. The average Bonchev–Trinajstić information content (AvgIpc) is 2.37. The lowest BCUT2D eigenvalue weighted by Crippen LogP contribution is -2.40. The summed E-state index contributed by atoms with van der Waals surface area (Å²) in [5.41, 5.74) is -0.695. The molecular formula is C14H19NO4. The van der Waals surface area contributed by atoms with Crippen LogP contribution in [0.5, 0.6) is 0 Å². The van der Waals surface area contributed by atoms with Crippen molar-refractivity contribution in [3.8, 4) is 0 Å². The standard InChI is InChI=1S/C14H19NO4/c1-10(16)9-15-12(17)8-14(2,13(18)19)11-6-4-3-5-7-11/h3-7,10,16H,8-9H2,1-2H3,(H,15,17)(H,18,19)/t10-,14?/m0/s1. The summed E-state index contributed by atoms with van der Waals surface area (Å²) in [7, 11) is 0. The van der Waals surface area contributed by atoms with Crippen molar-refractivity contribution in [3.63, 3.8) is 0 Å². The molecule has 1 amide bonds. The molecule has 1 aromatic carbocycles. The highest BCUT2D eigenvalue weighted by molar-refractivity contribution is 5.89. The van der Waals surface area contributed by atoms with Crippen molar-refractivity contribution in [3.05, 3.63) is 35.9 Å². The lowest BCUT2D eigenvalue weighted by molar-refractivity contribution is -0.145. The maximum absolute atomic E-state index is 11.8. The minimum atomic E-state index is -1.27. The third-order valence-electron chi connectivity index (χ3n) is 2.99. The molecule has 1 aromatic rings. The lowest BCUT2D eigenvalue weighted by Gasteiger charge is -2.24. The number of nitrogens with one attached hydrogen (secondary N) is 1. The fourth-order valence-corrected chi connectivity index (χ4v) is 1.75. The Bertz CT molecular complexity index is 444. The summed E-state index contributed by atoms with van der Waals surface area (Å²) in [5, 5.41) is 21.0. The molecular weight excluding hydrogens is 246 g/mol. The van der Waals surface area contributed by atoms with Crippen LogP contribution in [0.4, 0.5) is 0 Å². The van der Waals surface area contributed by atoms with Gasteiger partial charge < -0.3 is 15.5 Å². The van der Waals surface area contributed by atoms with Crippen LogP contribution in [0.15, 0.2) is 30.3 Å². The second-order valence-electron chi connectivity index (χ2n) is 4.83. The number of amides is 1. The van der Waals surface area contributed by atoms with Crippen molar-refractivity contribution in [2.45, 2.75) is 31.8 Å². The Labute approximate surface area is 112 Å². The summed E-state index contributed by atoms with van der Waals surface area (Å²) in [6, 6.07) is 8.65. The van der Waals surface area contributed by atoms with E-state index < -0.39 is 23.4 Å². The first-order chi connectivity index (χ1) is 8.86. The van der Waals surface area contributed by atoms with E-state index in [2.05, 4.69) is 5.32 Å². The van der Waals surface area contributed by atoms with E-state index in [1.54, 1.807) is 37.3 Å². The van der Waals surface area contributed by atoms with E-state index in [4.69, 9.17) is 5.11 Å². The van der Waals surface area contributed by atoms with Crippen molar-refractivity contribution < 1.29 is 19.8 Å². The van der Waals surface area contributed by atoms with Gasteiger partial charge in [-0.2, -0.15) is 0 Å². The number of aliphatic hydroxyl groups excluding tert-OH is 1. The number of carboxylic acid groups (broad SMARTS) is 1. The van der Waals surface area contributed by atoms with Crippen LogP contribution >= 0.6 is 0 Å². The van der Waals surface area contributed by atoms with Gasteiger partial charge in [0.1, 0.15) is 0 Å². The van der Waals surface area contributed by atoms with E-state index in [0.717, 1.165) is 0 Å². The van der Waals surface area contributed by atoms with Crippen LogP contribution in [0, 0.1) is 0 Å². The summed E-state index contributed by atoms with van der Waals surface area (Å²) in [6.07, 6.45) is -0.823. The number of hydrogen-bond donors (Lipinski definition) is 3. The smallest absolute Gasteiger partial charge is 0.314 e. The predicted octanol–water partition coefficient (Wildman–Crippen LogP) is 0.916. The molecule has 0 aliphatic rings. The second-order valence-corrected chi connectivity index (χ2v) is 4.83.